The molecular weight excluding hydrogens is 424 g/mol. The minimum atomic E-state index is 0.270. The van der Waals surface area contributed by atoms with E-state index in [1.54, 1.807) is 24.8 Å². The standard InChI is InChI=1S/C23H22N6O4/c1-30-10-9-15-7-8-16(24-12-15)13-32-23-19-6-4-3-5-18(19)21-25-26-22(29(21)27-23)20-11-17(14-31-2)33-28-20/h3-8,11-12H,9-10,13-14H2,1-2H3. The number of nitrogens with zero attached hydrogens (tertiary/aromatic N) is 6. The molecule has 33 heavy (non-hydrogen) atoms. The van der Waals surface area contributed by atoms with E-state index in [9.17, 15) is 0 Å². The van der Waals surface area contributed by atoms with E-state index in [4.69, 9.17) is 18.7 Å². The highest BCUT2D eigenvalue weighted by Crippen LogP contribution is 2.29. The highest BCUT2D eigenvalue weighted by Gasteiger charge is 2.19. The van der Waals surface area contributed by atoms with Crippen LogP contribution in [0.4, 0.5) is 0 Å². The minimum absolute atomic E-state index is 0.270. The number of pyridine rings is 1. The molecule has 0 bridgehead atoms. The molecule has 0 aliphatic heterocycles. The lowest BCUT2D eigenvalue weighted by Crippen LogP contribution is -2.05. The third kappa shape index (κ3) is 4.26. The molecule has 4 aromatic heterocycles. The summed E-state index contributed by atoms with van der Waals surface area (Å²) in [4.78, 5) is 4.49. The summed E-state index contributed by atoms with van der Waals surface area (Å²) < 4.78 is 23.2. The molecule has 0 aliphatic carbocycles. The lowest BCUT2D eigenvalue weighted by atomic mass is 10.2. The largest absolute Gasteiger partial charge is 0.470 e. The number of hydrogen-bond acceptors (Lipinski definition) is 9. The molecule has 0 N–H and O–H groups in total. The van der Waals surface area contributed by atoms with E-state index < -0.39 is 0 Å². The Bertz CT molecular complexity index is 1380. The van der Waals surface area contributed by atoms with Crippen LogP contribution in [-0.2, 0) is 29.1 Å². The zero-order chi connectivity index (χ0) is 22.6. The topological polar surface area (TPSA) is 110 Å². The molecular formula is C23H22N6O4. The Morgan fingerprint density at radius 2 is 1.85 bits per heavy atom. The van der Waals surface area contributed by atoms with Crippen molar-refractivity contribution in [3.8, 4) is 17.4 Å². The first-order chi connectivity index (χ1) is 16.3. The fraction of sp³-hybridized carbons (Fsp3) is 0.261. The van der Waals surface area contributed by atoms with Crippen LogP contribution in [0.3, 0.4) is 0 Å². The number of benzene rings is 1. The van der Waals surface area contributed by atoms with E-state index in [0.29, 0.717) is 42.0 Å². The SMILES string of the molecule is COCCc1ccc(COc2nn3c(-c4cc(COC)on4)nnc3c3ccccc23)nc1. The predicted molar refractivity (Wildman–Crippen MR) is 119 cm³/mol. The van der Waals surface area contributed by atoms with Gasteiger partial charge in [0.15, 0.2) is 17.1 Å². The first-order valence-electron chi connectivity index (χ1n) is 10.4. The van der Waals surface area contributed by atoms with Crippen LogP contribution in [0, 0.1) is 0 Å². The van der Waals surface area contributed by atoms with Gasteiger partial charge in [-0.2, -0.15) is 4.52 Å². The Labute approximate surface area is 189 Å². The Morgan fingerprint density at radius 3 is 2.64 bits per heavy atom. The second-order valence-electron chi connectivity index (χ2n) is 7.41. The van der Waals surface area contributed by atoms with Crippen LogP contribution < -0.4 is 4.74 Å². The predicted octanol–water partition coefficient (Wildman–Crippen LogP) is 3.24. The molecule has 5 aromatic rings. The highest BCUT2D eigenvalue weighted by atomic mass is 16.5. The van der Waals surface area contributed by atoms with Gasteiger partial charge in [0.05, 0.1) is 12.3 Å². The number of fused-ring (bicyclic) bond motifs is 3. The summed E-state index contributed by atoms with van der Waals surface area (Å²) in [6, 6.07) is 13.5. The normalized spacial score (nSPS) is 11.5. The van der Waals surface area contributed by atoms with Gasteiger partial charge in [0.1, 0.15) is 13.2 Å². The van der Waals surface area contributed by atoms with Crippen LogP contribution in [0.25, 0.3) is 27.9 Å². The average molecular weight is 446 g/mol. The molecule has 0 spiro atoms. The Balaban J connectivity index is 1.48. The van der Waals surface area contributed by atoms with Crippen LogP contribution in [0.1, 0.15) is 17.0 Å². The summed E-state index contributed by atoms with van der Waals surface area (Å²) in [5.41, 5.74) is 3.02. The molecule has 0 fully saturated rings. The van der Waals surface area contributed by atoms with Crippen LogP contribution in [0.2, 0.25) is 0 Å². The summed E-state index contributed by atoms with van der Waals surface area (Å²) in [5, 5.41) is 19.1. The van der Waals surface area contributed by atoms with Crippen LogP contribution in [-0.4, -0.2) is 50.8 Å². The van der Waals surface area contributed by atoms with Crippen molar-refractivity contribution in [1.29, 1.82) is 0 Å². The zero-order valence-electron chi connectivity index (χ0n) is 18.3. The molecule has 0 amide bonds. The van der Waals surface area contributed by atoms with Gasteiger partial charge in [0.25, 0.3) is 0 Å². The van der Waals surface area contributed by atoms with Gasteiger partial charge in [0, 0.05) is 37.3 Å². The van der Waals surface area contributed by atoms with Crippen molar-refractivity contribution in [2.45, 2.75) is 19.6 Å². The van der Waals surface area contributed by atoms with Crippen LogP contribution in [0.5, 0.6) is 5.88 Å². The second kappa shape index (κ2) is 9.31. The van der Waals surface area contributed by atoms with Gasteiger partial charge in [-0.25, -0.2) is 0 Å². The van der Waals surface area contributed by atoms with Crippen LogP contribution in [0.15, 0.2) is 53.2 Å². The first kappa shape index (κ1) is 21.0. The summed E-state index contributed by atoms with van der Waals surface area (Å²) in [7, 11) is 3.28. The number of ether oxygens (including phenoxy) is 3. The molecule has 1 aromatic carbocycles. The number of rotatable bonds is 9. The molecule has 168 valence electrons. The fourth-order valence-electron chi connectivity index (χ4n) is 3.50. The molecule has 5 rings (SSSR count). The molecule has 0 radical (unpaired) electrons. The maximum atomic E-state index is 6.10. The number of aromatic nitrogens is 6. The summed E-state index contributed by atoms with van der Waals surface area (Å²) in [6.07, 6.45) is 2.66. The molecule has 0 saturated carbocycles. The van der Waals surface area contributed by atoms with E-state index >= 15 is 0 Å². The molecule has 0 aliphatic rings. The van der Waals surface area contributed by atoms with Gasteiger partial charge < -0.3 is 18.7 Å². The van der Waals surface area contributed by atoms with Crippen molar-refractivity contribution in [2.24, 2.45) is 0 Å². The van der Waals surface area contributed by atoms with Crippen molar-refractivity contribution in [1.82, 2.24) is 30.0 Å². The van der Waals surface area contributed by atoms with Gasteiger partial charge in [-0.05, 0) is 24.1 Å². The van der Waals surface area contributed by atoms with Crippen molar-refractivity contribution >= 4 is 16.4 Å². The smallest absolute Gasteiger partial charge is 0.240 e. The zero-order valence-corrected chi connectivity index (χ0v) is 18.3. The summed E-state index contributed by atoms with van der Waals surface area (Å²) in [6.45, 7) is 1.24. The quantitative estimate of drug-likeness (QED) is 0.337. The monoisotopic (exact) mass is 446 g/mol. The molecule has 10 nitrogen and oxygen atoms in total. The highest BCUT2D eigenvalue weighted by molar-refractivity contribution is 5.96. The lowest BCUT2D eigenvalue weighted by molar-refractivity contribution is 0.156. The molecule has 10 heteroatoms. The summed E-state index contributed by atoms with van der Waals surface area (Å²) >= 11 is 0. The molecule has 0 unspecified atom stereocenters. The number of hydrogen-bond donors (Lipinski definition) is 0. The van der Waals surface area contributed by atoms with Gasteiger partial charge in [0.2, 0.25) is 11.7 Å². The lowest BCUT2D eigenvalue weighted by Gasteiger charge is -2.10. The second-order valence-corrected chi connectivity index (χ2v) is 7.41. The fourth-order valence-corrected chi connectivity index (χ4v) is 3.50. The minimum Gasteiger partial charge on any atom is -0.470 e. The van der Waals surface area contributed by atoms with Gasteiger partial charge in [-0.1, -0.05) is 29.4 Å². The van der Waals surface area contributed by atoms with Gasteiger partial charge >= 0.3 is 0 Å². The van der Waals surface area contributed by atoms with Crippen molar-refractivity contribution in [3.05, 3.63) is 65.7 Å². The van der Waals surface area contributed by atoms with Gasteiger partial charge in [-0.3, -0.25) is 4.98 Å². The van der Waals surface area contributed by atoms with E-state index in [1.165, 1.54) is 0 Å². The molecule has 0 saturated heterocycles. The summed E-state index contributed by atoms with van der Waals surface area (Å²) in [5.74, 6) is 1.49. The molecule has 4 heterocycles. The maximum Gasteiger partial charge on any atom is 0.240 e. The van der Waals surface area contributed by atoms with Crippen molar-refractivity contribution in [3.63, 3.8) is 0 Å². The molecule has 0 atom stereocenters. The van der Waals surface area contributed by atoms with E-state index in [1.807, 2.05) is 42.6 Å². The van der Waals surface area contributed by atoms with E-state index in [2.05, 4.69) is 25.4 Å². The first-order valence-corrected chi connectivity index (χ1v) is 10.4. The van der Waals surface area contributed by atoms with Crippen molar-refractivity contribution < 1.29 is 18.7 Å². The third-order valence-corrected chi connectivity index (χ3v) is 5.14. The van der Waals surface area contributed by atoms with Crippen molar-refractivity contribution in [2.75, 3.05) is 20.8 Å². The average Bonchev–Trinajstić information content (AvgIpc) is 3.49. The van der Waals surface area contributed by atoms with E-state index in [0.717, 1.165) is 28.5 Å². The Morgan fingerprint density at radius 1 is 0.970 bits per heavy atom. The third-order valence-electron chi connectivity index (χ3n) is 5.14. The number of methoxy groups -OCH3 is 2. The van der Waals surface area contributed by atoms with E-state index in [-0.39, 0.29) is 6.61 Å². The van der Waals surface area contributed by atoms with Gasteiger partial charge in [-0.15, -0.1) is 15.3 Å². The maximum absolute atomic E-state index is 6.10. The Hall–Kier alpha value is -3.89. The Kier molecular flexibility index (Phi) is 5.92. The van der Waals surface area contributed by atoms with Crippen LogP contribution >= 0.6 is 0 Å².